The lowest BCUT2D eigenvalue weighted by molar-refractivity contribution is 0.101. The Bertz CT molecular complexity index is 540. The smallest absolute Gasteiger partial charge is 0.159 e. The van der Waals surface area contributed by atoms with Crippen molar-refractivity contribution in [2.45, 2.75) is 33.6 Å². The van der Waals surface area contributed by atoms with Gasteiger partial charge >= 0.3 is 0 Å². The van der Waals surface area contributed by atoms with Crippen molar-refractivity contribution in [2.75, 3.05) is 0 Å². The molecule has 0 saturated carbocycles. The molecule has 1 N–H and O–H groups in total. The van der Waals surface area contributed by atoms with Gasteiger partial charge in [-0.15, -0.1) is 0 Å². The predicted molar refractivity (Wildman–Crippen MR) is 64.8 cm³/mol. The molecule has 0 bridgehead atoms. The van der Waals surface area contributed by atoms with Gasteiger partial charge in [0.05, 0.1) is 11.0 Å². The molecule has 2 aromatic rings. The number of nitrogens with zero attached hydrogens (tertiary/aromatic N) is 1. The van der Waals surface area contributed by atoms with Gasteiger partial charge in [0.15, 0.2) is 5.78 Å². The maximum atomic E-state index is 11.3. The van der Waals surface area contributed by atoms with Crippen molar-refractivity contribution < 1.29 is 4.79 Å². The van der Waals surface area contributed by atoms with E-state index in [1.165, 1.54) is 0 Å². The van der Waals surface area contributed by atoms with Crippen LogP contribution >= 0.6 is 0 Å². The number of aryl methyl sites for hydroxylation is 2. The van der Waals surface area contributed by atoms with Gasteiger partial charge in [-0.3, -0.25) is 4.79 Å². The minimum Gasteiger partial charge on any atom is -0.342 e. The van der Waals surface area contributed by atoms with Gasteiger partial charge in [0.1, 0.15) is 5.82 Å². The molecule has 2 rings (SSSR count). The standard InChI is InChI=1S/C13H16N2O/c1-4-5-12-14-11-7-10(9(3)16)6-8(2)13(11)15-12/h6-7H,4-5H2,1-3H3,(H,14,15). The Hall–Kier alpha value is -1.64. The number of imidazole rings is 1. The number of carbonyl (C=O) groups excluding carboxylic acids is 1. The van der Waals surface area contributed by atoms with E-state index in [1.807, 2.05) is 19.1 Å². The molecule has 0 radical (unpaired) electrons. The van der Waals surface area contributed by atoms with Gasteiger partial charge < -0.3 is 4.98 Å². The second-order valence-corrected chi connectivity index (χ2v) is 4.18. The highest BCUT2D eigenvalue weighted by Gasteiger charge is 2.08. The largest absolute Gasteiger partial charge is 0.342 e. The number of aromatic nitrogens is 2. The van der Waals surface area contributed by atoms with E-state index in [0.29, 0.717) is 0 Å². The van der Waals surface area contributed by atoms with Crippen molar-refractivity contribution in [3.8, 4) is 0 Å². The summed E-state index contributed by atoms with van der Waals surface area (Å²) in [6.07, 6.45) is 2.02. The Labute approximate surface area is 94.9 Å². The number of benzene rings is 1. The summed E-state index contributed by atoms with van der Waals surface area (Å²) in [5.74, 6) is 1.10. The summed E-state index contributed by atoms with van der Waals surface area (Å²) in [5.41, 5.74) is 3.75. The van der Waals surface area contributed by atoms with E-state index >= 15 is 0 Å². The maximum absolute atomic E-state index is 11.3. The number of hydrogen-bond acceptors (Lipinski definition) is 2. The summed E-state index contributed by atoms with van der Waals surface area (Å²) >= 11 is 0. The first kappa shape index (κ1) is 10.9. The van der Waals surface area contributed by atoms with Crippen molar-refractivity contribution in [1.29, 1.82) is 0 Å². The fourth-order valence-corrected chi connectivity index (χ4v) is 1.90. The van der Waals surface area contributed by atoms with E-state index in [9.17, 15) is 4.79 Å². The van der Waals surface area contributed by atoms with Crippen LogP contribution in [-0.2, 0) is 6.42 Å². The van der Waals surface area contributed by atoms with Crippen molar-refractivity contribution in [1.82, 2.24) is 9.97 Å². The number of ketones is 1. The molecule has 0 spiro atoms. The molecular formula is C13H16N2O. The minimum atomic E-state index is 0.0941. The van der Waals surface area contributed by atoms with Crippen LogP contribution in [-0.4, -0.2) is 15.8 Å². The van der Waals surface area contributed by atoms with Crippen LogP contribution in [0.15, 0.2) is 12.1 Å². The Morgan fingerprint density at radius 3 is 2.81 bits per heavy atom. The third-order valence-electron chi connectivity index (χ3n) is 2.72. The van der Waals surface area contributed by atoms with Crippen LogP contribution in [0.3, 0.4) is 0 Å². The van der Waals surface area contributed by atoms with E-state index in [2.05, 4.69) is 16.9 Å². The molecule has 0 aliphatic rings. The van der Waals surface area contributed by atoms with Gasteiger partial charge in [-0.25, -0.2) is 4.98 Å². The number of fused-ring (bicyclic) bond motifs is 1. The van der Waals surface area contributed by atoms with Crippen molar-refractivity contribution in [3.63, 3.8) is 0 Å². The zero-order chi connectivity index (χ0) is 11.7. The quantitative estimate of drug-likeness (QED) is 0.801. The second-order valence-electron chi connectivity index (χ2n) is 4.18. The highest BCUT2D eigenvalue weighted by Crippen LogP contribution is 2.19. The fraction of sp³-hybridized carbons (Fsp3) is 0.385. The Morgan fingerprint density at radius 2 is 2.19 bits per heavy atom. The Balaban J connectivity index is 2.58. The lowest BCUT2D eigenvalue weighted by Gasteiger charge is -1.98. The zero-order valence-corrected chi connectivity index (χ0v) is 9.92. The van der Waals surface area contributed by atoms with Gasteiger partial charge in [0.2, 0.25) is 0 Å². The molecule has 0 aliphatic carbocycles. The molecule has 1 heterocycles. The van der Waals surface area contributed by atoms with Crippen LogP contribution in [0.1, 0.15) is 42.0 Å². The van der Waals surface area contributed by atoms with Crippen molar-refractivity contribution >= 4 is 16.8 Å². The second kappa shape index (κ2) is 4.08. The molecule has 3 heteroatoms. The molecule has 0 aliphatic heterocycles. The fourth-order valence-electron chi connectivity index (χ4n) is 1.90. The summed E-state index contributed by atoms with van der Waals surface area (Å²) in [5, 5.41) is 0. The number of rotatable bonds is 3. The number of H-pyrrole nitrogens is 1. The van der Waals surface area contributed by atoms with Crippen molar-refractivity contribution in [2.24, 2.45) is 0 Å². The SMILES string of the molecule is CCCc1nc2c(C)cc(C(C)=O)cc2[nH]1. The molecule has 0 unspecified atom stereocenters. The highest BCUT2D eigenvalue weighted by atomic mass is 16.1. The first-order valence-corrected chi connectivity index (χ1v) is 5.62. The summed E-state index contributed by atoms with van der Waals surface area (Å²) in [4.78, 5) is 19.1. The Morgan fingerprint density at radius 1 is 1.44 bits per heavy atom. The Kier molecular flexibility index (Phi) is 2.77. The van der Waals surface area contributed by atoms with Crippen LogP contribution in [0.5, 0.6) is 0 Å². The minimum absolute atomic E-state index is 0.0941. The first-order chi connectivity index (χ1) is 7.61. The third kappa shape index (κ3) is 1.85. The summed E-state index contributed by atoms with van der Waals surface area (Å²) < 4.78 is 0. The predicted octanol–water partition coefficient (Wildman–Crippen LogP) is 3.03. The van der Waals surface area contributed by atoms with Crippen LogP contribution in [0.4, 0.5) is 0 Å². The number of nitrogens with one attached hydrogen (secondary N) is 1. The van der Waals surface area contributed by atoms with Gasteiger partial charge in [-0.2, -0.15) is 0 Å². The molecule has 1 aromatic heterocycles. The first-order valence-electron chi connectivity index (χ1n) is 5.62. The normalized spacial score (nSPS) is 10.9. The van der Waals surface area contributed by atoms with E-state index in [1.54, 1.807) is 6.92 Å². The molecule has 84 valence electrons. The van der Waals surface area contributed by atoms with Crippen LogP contribution in [0, 0.1) is 6.92 Å². The number of hydrogen-bond donors (Lipinski definition) is 1. The van der Waals surface area contributed by atoms with Gasteiger partial charge in [-0.1, -0.05) is 6.92 Å². The summed E-state index contributed by atoms with van der Waals surface area (Å²) in [6, 6.07) is 3.79. The van der Waals surface area contributed by atoms with Crippen molar-refractivity contribution in [3.05, 3.63) is 29.1 Å². The lowest BCUT2D eigenvalue weighted by atomic mass is 10.1. The number of Topliss-reactive ketones (excluding diaryl/α,β-unsaturated/α-hetero) is 1. The lowest BCUT2D eigenvalue weighted by Crippen LogP contribution is -1.92. The van der Waals surface area contributed by atoms with Crippen LogP contribution in [0.25, 0.3) is 11.0 Å². The van der Waals surface area contributed by atoms with Crippen LogP contribution in [0.2, 0.25) is 0 Å². The van der Waals surface area contributed by atoms with E-state index in [-0.39, 0.29) is 5.78 Å². The van der Waals surface area contributed by atoms with Gasteiger partial charge in [0.25, 0.3) is 0 Å². The average molecular weight is 216 g/mol. The summed E-state index contributed by atoms with van der Waals surface area (Å²) in [7, 11) is 0. The molecular weight excluding hydrogens is 200 g/mol. The van der Waals surface area contributed by atoms with Gasteiger partial charge in [0, 0.05) is 12.0 Å². The van der Waals surface area contributed by atoms with Crippen LogP contribution < -0.4 is 0 Å². The topological polar surface area (TPSA) is 45.8 Å². The third-order valence-corrected chi connectivity index (χ3v) is 2.72. The molecule has 1 aromatic carbocycles. The molecule has 3 nitrogen and oxygen atoms in total. The number of aromatic amines is 1. The van der Waals surface area contributed by atoms with E-state index < -0.39 is 0 Å². The maximum Gasteiger partial charge on any atom is 0.159 e. The number of carbonyl (C=O) groups is 1. The molecule has 0 fully saturated rings. The summed E-state index contributed by atoms with van der Waals surface area (Å²) in [6.45, 7) is 5.70. The molecule has 0 saturated heterocycles. The monoisotopic (exact) mass is 216 g/mol. The van der Waals surface area contributed by atoms with Gasteiger partial charge in [-0.05, 0) is 38.0 Å². The zero-order valence-electron chi connectivity index (χ0n) is 9.92. The van der Waals surface area contributed by atoms with E-state index in [0.717, 1.165) is 40.8 Å². The van der Waals surface area contributed by atoms with E-state index in [4.69, 9.17) is 0 Å². The molecule has 16 heavy (non-hydrogen) atoms. The highest BCUT2D eigenvalue weighted by molar-refractivity contribution is 5.98. The average Bonchev–Trinajstić information content (AvgIpc) is 2.61. The molecule has 0 amide bonds. The molecule has 0 atom stereocenters.